The smallest absolute Gasteiger partial charge is 0.227 e. The Morgan fingerprint density at radius 3 is 2.57 bits per heavy atom. The predicted molar refractivity (Wildman–Crippen MR) is 54.6 cm³/mol. The van der Waals surface area contributed by atoms with Gasteiger partial charge in [0.2, 0.25) is 5.91 Å². The van der Waals surface area contributed by atoms with Crippen LogP contribution in [0.3, 0.4) is 0 Å². The Bertz CT molecular complexity index is 193. The summed E-state index contributed by atoms with van der Waals surface area (Å²) in [5, 5.41) is 11.8. The topological polar surface area (TPSA) is 75.3 Å². The van der Waals surface area contributed by atoms with Crippen LogP contribution in [-0.4, -0.2) is 30.2 Å². The Hall–Kier alpha value is -0.610. The molecule has 1 atom stereocenters. The summed E-state index contributed by atoms with van der Waals surface area (Å²) in [4.78, 5) is 11.8. The normalized spacial score (nSPS) is 21.1. The largest absolute Gasteiger partial charge is 0.394 e. The standard InChI is InChI=1S/C10H20N2O2/c1-2-8(6-13)12-9(14)10(7-11)4-3-5-10/h8,13H,2-7,11H2,1H3,(H,12,14)/t8-/m0/s1. The highest BCUT2D eigenvalue weighted by Crippen LogP contribution is 2.40. The maximum absolute atomic E-state index is 11.8. The van der Waals surface area contributed by atoms with Gasteiger partial charge in [-0.1, -0.05) is 13.3 Å². The van der Waals surface area contributed by atoms with Crippen LogP contribution in [0, 0.1) is 5.41 Å². The zero-order valence-electron chi connectivity index (χ0n) is 8.75. The number of aliphatic hydroxyl groups is 1. The van der Waals surface area contributed by atoms with Crippen LogP contribution in [0.15, 0.2) is 0 Å². The minimum absolute atomic E-state index is 0.00287. The minimum atomic E-state index is -0.331. The molecule has 0 radical (unpaired) electrons. The van der Waals surface area contributed by atoms with Gasteiger partial charge in [-0.05, 0) is 19.3 Å². The first-order valence-corrected chi connectivity index (χ1v) is 5.30. The lowest BCUT2D eigenvalue weighted by molar-refractivity contribution is -0.136. The van der Waals surface area contributed by atoms with Crippen LogP contribution in [0.25, 0.3) is 0 Å². The van der Waals surface area contributed by atoms with E-state index >= 15 is 0 Å². The highest BCUT2D eigenvalue weighted by atomic mass is 16.3. The second-order valence-corrected chi connectivity index (χ2v) is 4.10. The van der Waals surface area contributed by atoms with E-state index in [1.165, 1.54) is 0 Å². The summed E-state index contributed by atoms with van der Waals surface area (Å²) in [6.45, 7) is 2.36. The van der Waals surface area contributed by atoms with Gasteiger partial charge in [0.15, 0.2) is 0 Å². The SMILES string of the molecule is CC[C@@H](CO)NC(=O)C1(CN)CCC1. The molecule has 0 aromatic rings. The van der Waals surface area contributed by atoms with E-state index < -0.39 is 0 Å². The van der Waals surface area contributed by atoms with Crippen molar-refractivity contribution in [2.75, 3.05) is 13.2 Å². The number of amides is 1. The molecule has 4 N–H and O–H groups in total. The zero-order chi connectivity index (χ0) is 10.6. The van der Waals surface area contributed by atoms with Gasteiger partial charge in [0, 0.05) is 6.54 Å². The molecule has 0 unspecified atom stereocenters. The number of hydrogen-bond donors (Lipinski definition) is 3. The van der Waals surface area contributed by atoms with Gasteiger partial charge in [-0.15, -0.1) is 0 Å². The van der Waals surface area contributed by atoms with Crippen molar-refractivity contribution in [2.45, 2.75) is 38.6 Å². The highest BCUT2D eigenvalue weighted by molar-refractivity contribution is 5.84. The lowest BCUT2D eigenvalue weighted by Gasteiger charge is -2.39. The molecule has 1 aliphatic rings. The Labute approximate surface area is 84.9 Å². The molecule has 82 valence electrons. The van der Waals surface area contributed by atoms with Crippen molar-refractivity contribution in [3.05, 3.63) is 0 Å². The number of carbonyl (C=O) groups is 1. The Kier molecular flexibility index (Phi) is 3.89. The highest BCUT2D eigenvalue weighted by Gasteiger charge is 2.43. The number of aliphatic hydroxyl groups excluding tert-OH is 1. The molecule has 14 heavy (non-hydrogen) atoms. The molecule has 1 rings (SSSR count). The quantitative estimate of drug-likeness (QED) is 0.585. The van der Waals surface area contributed by atoms with Gasteiger partial charge in [-0.2, -0.15) is 0 Å². The zero-order valence-corrected chi connectivity index (χ0v) is 8.75. The fourth-order valence-corrected chi connectivity index (χ4v) is 1.74. The fourth-order valence-electron chi connectivity index (χ4n) is 1.74. The molecule has 0 aromatic carbocycles. The maximum atomic E-state index is 11.8. The molecule has 0 aliphatic heterocycles. The summed E-state index contributed by atoms with van der Waals surface area (Å²) >= 11 is 0. The first-order valence-electron chi connectivity index (χ1n) is 5.30. The van der Waals surface area contributed by atoms with Crippen LogP contribution in [0.1, 0.15) is 32.6 Å². The molecule has 1 fully saturated rings. The van der Waals surface area contributed by atoms with Crippen molar-refractivity contribution in [2.24, 2.45) is 11.1 Å². The number of hydrogen-bond acceptors (Lipinski definition) is 3. The summed E-state index contributed by atoms with van der Waals surface area (Å²) < 4.78 is 0. The van der Waals surface area contributed by atoms with E-state index in [0.717, 1.165) is 25.7 Å². The van der Waals surface area contributed by atoms with Crippen LogP contribution >= 0.6 is 0 Å². The number of nitrogens with two attached hydrogens (primary N) is 1. The van der Waals surface area contributed by atoms with Crippen molar-refractivity contribution in [3.8, 4) is 0 Å². The Morgan fingerprint density at radius 1 is 1.64 bits per heavy atom. The van der Waals surface area contributed by atoms with Gasteiger partial charge in [-0.25, -0.2) is 0 Å². The lowest BCUT2D eigenvalue weighted by atomic mass is 9.68. The van der Waals surface area contributed by atoms with Gasteiger partial charge >= 0.3 is 0 Å². The van der Waals surface area contributed by atoms with E-state index in [0.29, 0.717) is 6.54 Å². The molecule has 1 saturated carbocycles. The fraction of sp³-hybridized carbons (Fsp3) is 0.900. The second-order valence-electron chi connectivity index (χ2n) is 4.10. The third kappa shape index (κ3) is 2.07. The molecule has 4 heteroatoms. The number of rotatable bonds is 5. The molecule has 1 aliphatic carbocycles. The van der Waals surface area contributed by atoms with E-state index in [1.54, 1.807) is 0 Å². The van der Waals surface area contributed by atoms with Crippen molar-refractivity contribution >= 4 is 5.91 Å². The third-order valence-corrected chi connectivity index (χ3v) is 3.23. The molecule has 0 spiro atoms. The van der Waals surface area contributed by atoms with Gasteiger partial charge in [0.1, 0.15) is 0 Å². The molecule has 1 amide bonds. The number of nitrogens with one attached hydrogen (secondary N) is 1. The molecular formula is C10H20N2O2. The van der Waals surface area contributed by atoms with Crippen LogP contribution in [-0.2, 0) is 4.79 Å². The Balaban J connectivity index is 2.47. The summed E-state index contributed by atoms with van der Waals surface area (Å²) in [7, 11) is 0. The van der Waals surface area contributed by atoms with E-state index in [-0.39, 0.29) is 24.0 Å². The average molecular weight is 200 g/mol. The van der Waals surface area contributed by atoms with Crippen molar-refractivity contribution < 1.29 is 9.90 Å². The molecular weight excluding hydrogens is 180 g/mol. The minimum Gasteiger partial charge on any atom is -0.394 e. The molecule has 0 heterocycles. The molecule has 0 bridgehead atoms. The maximum Gasteiger partial charge on any atom is 0.227 e. The summed E-state index contributed by atoms with van der Waals surface area (Å²) in [5.41, 5.74) is 5.27. The van der Waals surface area contributed by atoms with E-state index in [4.69, 9.17) is 10.8 Å². The van der Waals surface area contributed by atoms with Gasteiger partial charge < -0.3 is 16.2 Å². The van der Waals surface area contributed by atoms with Crippen molar-refractivity contribution in [3.63, 3.8) is 0 Å². The van der Waals surface area contributed by atoms with Crippen molar-refractivity contribution in [1.29, 1.82) is 0 Å². The lowest BCUT2D eigenvalue weighted by Crippen LogP contribution is -2.53. The van der Waals surface area contributed by atoms with Gasteiger partial charge in [0.25, 0.3) is 0 Å². The third-order valence-electron chi connectivity index (χ3n) is 3.23. The van der Waals surface area contributed by atoms with Gasteiger partial charge in [0.05, 0.1) is 18.1 Å². The molecule has 0 aromatic heterocycles. The monoisotopic (exact) mass is 200 g/mol. The number of carbonyl (C=O) groups excluding carboxylic acids is 1. The average Bonchev–Trinajstić information content (AvgIpc) is 2.13. The second kappa shape index (κ2) is 4.75. The van der Waals surface area contributed by atoms with Gasteiger partial charge in [-0.3, -0.25) is 4.79 Å². The van der Waals surface area contributed by atoms with E-state index in [9.17, 15) is 4.79 Å². The molecule has 0 saturated heterocycles. The van der Waals surface area contributed by atoms with Crippen molar-refractivity contribution in [1.82, 2.24) is 5.32 Å². The summed E-state index contributed by atoms with van der Waals surface area (Å²) in [6, 6.07) is -0.119. The summed E-state index contributed by atoms with van der Waals surface area (Å²) in [5.74, 6) is 0.0205. The van der Waals surface area contributed by atoms with Crippen LogP contribution in [0.2, 0.25) is 0 Å². The van der Waals surface area contributed by atoms with Crippen LogP contribution in [0.5, 0.6) is 0 Å². The van der Waals surface area contributed by atoms with Crippen LogP contribution in [0.4, 0.5) is 0 Å². The van der Waals surface area contributed by atoms with E-state index in [2.05, 4.69) is 5.32 Å². The first-order chi connectivity index (χ1) is 6.68. The molecule has 4 nitrogen and oxygen atoms in total. The Morgan fingerprint density at radius 2 is 2.29 bits per heavy atom. The summed E-state index contributed by atoms with van der Waals surface area (Å²) in [6.07, 6.45) is 3.61. The van der Waals surface area contributed by atoms with Crippen LogP contribution < -0.4 is 11.1 Å². The van der Waals surface area contributed by atoms with E-state index in [1.807, 2.05) is 6.92 Å². The predicted octanol–water partition coefficient (Wildman–Crippen LogP) is 0.00250. The first kappa shape index (κ1) is 11.5.